The predicted molar refractivity (Wildman–Crippen MR) is 58.1 cm³/mol. The van der Waals surface area contributed by atoms with Crippen LogP contribution in [0.15, 0.2) is 29.2 Å². The summed E-state index contributed by atoms with van der Waals surface area (Å²) in [5, 5.41) is 0. The lowest BCUT2D eigenvalue weighted by atomic mass is 10.3. The van der Waals surface area contributed by atoms with Crippen molar-refractivity contribution in [3.8, 4) is 0 Å². The highest BCUT2D eigenvalue weighted by atomic mass is 32.2. The molecular weight excluding hydrogens is 295 g/mol. The van der Waals surface area contributed by atoms with Crippen LogP contribution in [0.2, 0.25) is 0 Å². The Morgan fingerprint density at radius 1 is 1.11 bits per heavy atom. The molecule has 0 aromatic heterocycles. The third-order valence-corrected chi connectivity index (χ3v) is 4.04. The molecular formula is C8H8F3NO4S2. The number of anilines is 1. The number of sulfonamides is 1. The van der Waals surface area contributed by atoms with E-state index < -0.39 is 31.1 Å². The van der Waals surface area contributed by atoms with Crippen LogP contribution in [0.5, 0.6) is 0 Å². The van der Waals surface area contributed by atoms with Crippen molar-refractivity contribution in [3.05, 3.63) is 24.3 Å². The molecule has 102 valence electrons. The zero-order chi connectivity index (χ0) is 14.2. The quantitative estimate of drug-likeness (QED) is 0.914. The van der Waals surface area contributed by atoms with Gasteiger partial charge in [-0.3, -0.25) is 4.72 Å². The molecule has 0 spiro atoms. The molecule has 10 heteroatoms. The van der Waals surface area contributed by atoms with Gasteiger partial charge in [-0.1, -0.05) is 6.07 Å². The van der Waals surface area contributed by atoms with E-state index in [-0.39, 0.29) is 4.90 Å². The first-order valence-corrected chi connectivity index (χ1v) is 7.70. The Balaban J connectivity index is 3.16. The third-order valence-electron chi connectivity index (χ3n) is 1.82. The number of sulfone groups is 1. The van der Waals surface area contributed by atoms with E-state index in [0.717, 1.165) is 30.5 Å². The maximum Gasteiger partial charge on any atom is 0.516 e. The monoisotopic (exact) mass is 303 g/mol. The fourth-order valence-corrected chi connectivity index (χ4v) is 2.22. The maximum absolute atomic E-state index is 12.1. The second-order valence-corrected chi connectivity index (χ2v) is 7.04. The molecule has 0 bridgehead atoms. The zero-order valence-corrected chi connectivity index (χ0v) is 10.5. The van der Waals surface area contributed by atoms with Crippen molar-refractivity contribution < 1.29 is 30.0 Å². The van der Waals surface area contributed by atoms with E-state index in [1.807, 2.05) is 0 Å². The Morgan fingerprint density at radius 2 is 1.67 bits per heavy atom. The zero-order valence-electron chi connectivity index (χ0n) is 8.89. The van der Waals surface area contributed by atoms with Gasteiger partial charge in [0.15, 0.2) is 9.84 Å². The molecule has 0 saturated carbocycles. The Morgan fingerprint density at radius 3 is 2.11 bits per heavy atom. The minimum absolute atomic E-state index is 0.287. The number of alkyl halides is 3. The fraction of sp³-hybridized carbons (Fsp3) is 0.250. The molecule has 1 N–H and O–H groups in total. The lowest BCUT2D eigenvalue weighted by Gasteiger charge is -2.11. The fourth-order valence-electron chi connectivity index (χ4n) is 1.00. The molecule has 1 aromatic rings. The molecule has 0 amide bonds. The van der Waals surface area contributed by atoms with Gasteiger partial charge in [-0.15, -0.1) is 0 Å². The summed E-state index contributed by atoms with van der Waals surface area (Å²) in [7, 11) is -9.19. The van der Waals surface area contributed by atoms with E-state index in [9.17, 15) is 30.0 Å². The molecule has 0 aliphatic heterocycles. The van der Waals surface area contributed by atoms with Gasteiger partial charge in [0.2, 0.25) is 0 Å². The highest BCUT2D eigenvalue weighted by Gasteiger charge is 2.46. The van der Waals surface area contributed by atoms with Gasteiger partial charge in [0.05, 0.1) is 10.6 Å². The molecule has 1 rings (SSSR count). The van der Waals surface area contributed by atoms with Gasteiger partial charge in [-0.25, -0.2) is 8.42 Å². The van der Waals surface area contributed by atoms with Gasteiger partial charge in [0, 0.05) is 6.26 Å². The molecule has 0 atom stereocenters. The molecule has 0 fully saturated rings. The van der Waals surface area contributed by atoms with Gasteiger partial charge >= 0.3 is 15.5 Å². The van der Waals surface area contributed by atoms with Crippen LogP contribution in [-0.4, -0.2) is 28.6 Å². The average molecular weight is 303 g/mol. The minimum atomic E-state index is -5.56. The topological polar surface area (TPSA) is 80.3 Å². The summed E-state index contributed by atoms with van der Waals surface area (Å²) in [4.78, 5) is -0.287. The summed E-state index contributed by atoms with van der Waals surface area (Å²) in [6.07, 6.45) is 0.852. The minimum Gasteiger partial charge on any atom is -0.276 e. The van der Waals surface area contributed by atoms with Crippen LogP contribution >= 0.6 is 0 Å². The summed E-state index contributed by atoms with van der Waals surface area (Å²) in [5.41, 5.74) is -5.94. The summed E-state index contributed by atoms with van der Waals surface area (Å²) in [5.74, 6) is 0. The van der Waals surface area contributed by atoms with Crippen LogP contribution in [0.25, 0.3) is 0 Å². The Bertz CT molecular complexity index is 649. The van der Waals surface area contributed by atoms with E-state index in [4.69, 9.17) is 0 Å². The van der Waals surface area contributed by atoms with Crippen LogP contribution in [0, 0.1) is 0 Å². The predicted octanol–water partition coefficient (Wildman–Crippen LogP) is 1.35. The van der Waals surface area contributed by atoms with E-state index in [0.29, 0.717) is 0 Å². The number of benzene rings is 1. The smallest absolute Gasteiger partial charge is 0.276 e. The lowest BCUT2D eigenvalue weighted by molar-refractivity contribution is -0.0429. The number of hydrogen-bond donors (Lipinski definition) is 1. The van der Waals surface area contributed by atoms with Crippen LogP contribution < -0.4 is 4.72 Å². The molecule has 0 heterocycles. The first kappa shape index (κ1) is 14.8. The van der Waals surface area contributed by atoms with E-state index in [1.165, 1.54) is 4.72 Å². The van der Waals surface area contributed by atoms with Crippen molar-refractivity contribution in [2.45, 2.75) is 10.4 Å². The second kappa shape index (κ2) is 4.43. The number of rotatable bonds is 3. The summed E-state index contributed by atoms with van der Waals surface area (Å²) >= 11 is 0. The lowest BCUT2D eigenvalue weighted by Crippen LogP contribution is -2.29. The standard InChI is InChI=1S/C8H8F3NO4S2/c1-17(13,14)7-4-2-3-6(5-7)12-18(15,16)8(9,10)11/h2-5,12H,1H3. The van der Waals surface area contributed by atoms with Gasteiger partial charge in [0.25, 0.3) is 0 Å². The van der Waals surface area contributed by atoms with E-state index in [1.54, 1.807) is 0 Å². The van der Waals surface area contributed by atoms with Gasteiger partial charge in [0.1, 0.15) is 0 Å². The van der Waals surface area contributed by atoms with Crippen LogP contribution in [0.1, 0.15) is 0 Å². The molecule has 0 unspecified atom stereocenters. The summed E-state index contributed by atoms with van der Waals surface area (Å²) in [6, 6.07) is 4.09. The molecule has 0 aliphatic carbocycles. The van der Waals surface area contributed by atoms with E-state index in [2.05, 4.69) is 0 Å². The number of halogens is 3. The Hall–Kier alpha value is -1.29. The largest absolute Gasteiger partial charge is 0.516 e. The van der Waals surface area contributed by atoms with Crippen molar-refractivity contribution in [2.75, 3.05) is 11.0 Å². The molecule has 18 heavy (non-hydrogen) atoms. The Labute approximate surface area is 102 Å². The average Bonchev–Trinajstić information content (AvgIpc) is 2.14. The molecule has 0 aliphatic rings. The normalized spacial score (nSPS) is 13.3. The first-order chi connectivity index (χ1) is 7.93. The highest BCUT2D eigenvalue weighted by molar-refractivity contribution is 7.93. The summed E-state index contributed by atoms with van der Waals surface area (Å²) < 4.78 is 81.4. The molecule has 0 saturated heterocycles. The van der Waals surface area contributed by atoms with Crippen LogP contribution in [-0.2, 0) is 19.9 Å². The Kier molecular flexibility index (Phi) is 3.63. The number of nitrogens with one attached hydrogen (secondary N) is 1. The van der Waals surface area contributed by atoms with Gasteiger partial charge < -0.3 is 0 Å². The van der Waals surface area contributed by atoms with Crippen molar-refractivity contribution >= 4 is 25.5 Å². The number of hydrogen-bond acceptors (Lipinski definition) is 4. The van der Waals surface area contributed by atoms with Crippen molar-refractivity contribution in [2.24, 2.45) is 0 Å². The SMILES string of the molecule is CS(=O)(=O)c1cccc(NS(=O)(=O)C(F)(F)F)c1. The molecule has 5 nitrogen and oxygen atoms in total. The van der Waals surface area contributed by atoms with Crippen LogP contribution in [0.3, 0.4) is 0 Å². The van der Waals surface area contributed by atoms with Crippen LogP contribution in [0.4, 0.5) is 18.9 Å². The molecule has 0 radical (unpaired) electrons. The van der Waals surface area contributed by atoms with Crippen molar-refractivity contribution in [3.63, 3.8) is 0 Å². The van der Waals surface area contributed by atoms with Gasteiger partial charge in [-0.05, 0) is 18.2 Å². The summed E-state index contributed by atoms with van der Waals surface area (Å²) in [6.45, 7) is 0. The first-order valence-electron chi connectivity index (χ1n) is 4.33. The molecule has 1 aromatic carbocycles. The maximum atomic E-state index is 12.1. The van der Waals surface area contributed by atoms with Gasteiger partial charge in [-0.2, -0.15) is 21.6 Å². The van der Waals surface area contributed by atoms with Crippen molar-refractivity contribution in [1.29, 1.82) is 0 Å². The highest BCUT2D eigenvalue weighted by Crippen LogP contribution is 2.26. The second-order valence-electron chi connectivity index (χ2n) is 3.35. The third kappa shape index (κ3) is 3.35. The van der Waals surface area contributed by atoms with E-state index >= 15 is 0 Å². The van der Waals surface area contributed by atoms with Crippen molar-refractivity contribution in [1.82, 2.24) is 0 Å².